The van der Waals surface area contributed by atoms with Gasteiger partial charge in [0, 0.05) is 0 Å². The van der Waals surface area contributed by atoms with Crippen molar-refractivity contribution < 1.29 is 4.79 Å². The third kappa shape index (κ3) is 3.92. The van der Waals surface area contributed by atoms with Crippen LogP contribution in [0.2, 0.25) is 0 Å². The first-order valence-corrected chi connectivity index (χ1v) is 6.81. The number of aliphatic imine (C=N–C) groups is 1. The second-order valence-corrected chi connectivity index (χ2v) is 4.97. The number of hydrogen-bond donors (Lipinski definition) is 2. The Morgan fingerprint density at radius 1 is 1.05 bits per heavy atom. The van der Waals surface area contributed by atoms with Crippen LogP contribution >= 0.6 is 0 Å². The quantitative estimate of drug-likeness (QED) is 0.665. The van der Waals surface area contributed by atoms with Crippen molar-refractivity contribution in [3.8, 4) is 0 Å². The Morgan fingerprint density at radius 2 is 1.67 bits per heavy atom. The predicted octanol–water partition coefficient (Wildman–Crippen LogP) is 2.12. The van der Waals surface area contributed by atoms with Crippen molar-refractivity contribution in [3.63, 3.8) is 0 Å². The van der Waals surface area contributed by atoms with Crippen LogP contribution in [0, 0.1) is 6.92 Å². The number of guanidine groups is 1. The van der Waals surface area contributed by atoms with E-state index in [0.717, 1.165) is 16.7 Å². The Hall–Kier alpha value is -2.62. The molecule has 1 amide bonds. The summed E-state index contributed by atoms with van der Waals surface area (Å²) in [6.07, 6.45) is 0.576. The summed E-state index contributed by atoms with van der Waals surface area (Å²) in [6.45, 7) is 2.03. The van der Waals surface area contributed by atoms with Crippen molar-refractivity contribution in [2.24, 2.45) is 16.5 Å². The number of carbonyl (C=O) groups is 1. The van der Waals surface area contributed by atoms with Crippen molar-refractivity contribution in [1.29, 1.82) is 0 Å². The molecule has 0 spiro atoms. The summed E-state index contributed by atoms with van der Waals surface area (Å²) in [5, 5.41) is 0. The van der Waals surface area contributed by atoms with E-state index in [1.54, 1.807) is 0 Å². The molecular weight excluding hydrogens is 262 g/mol. The van der Waals surface area contributed by atoms with Crippen LogP contribution in [-0.4, -0.2) is 11.9 Å². The van der Waals surface area contributed by atoms with Crippen LogP contribution in [0.4, 0.5) is 0 Å². The normalized spacial score (nSPS) is 11.7. The highest BCUT2D eigenvalue weighted by atomic mass is 16.1. The second kappa shape index (κ2) is 6.70. The first-order valence-electron chi connectivity index (χ1n) is 6.81. The van der Waals surface area contributed by atoms with E-state index < -0.39 is 0 Å². The van der Waals surface area contributed by atoms with E-state index in [4.69, 9.17) is 11.5 Å². The molecule has 0 bridgehead atoms. The van der Waals surface area contributed by atoms with E-state index in [0.29, 0.717) is 6.42 Å². The highest BCUT2D eigenvalue weighted by molar-refractivity contribution is 5.95. The summed E-state index contributed by atoms with van der Waals surface area (Å²) in [5.74, 6) is -0.899. The first-order chi connectivity index (χ1) is 10.1. The summed E-state index contributed by atoms with van der Waals surface area (Å²) >= 11 is 0. The van der Waals surface area contributed by atoms with Gasteiger partial charge < -0.3 is 11.5 Å². The van der Waals surface area contributed by atoms with Crippen LogP contribution in [0.3, 0.4) is 0 Å². The second-order valence-electron chi connectivity index (χ2n) is 4.97. The molecule has 0 aliphatic heterocycles. The van der Waals surface area contributed by atoms with Crippen LogP contribution in [0.25, 0.3) is 0 Å². The number of nitrogens with two attached hydrogens (primary N) is 2. The molecule has 2 rings (SSSR count). The molecule has 0 aromatic heterocycles. The average Bonchev–Trinajstić information content (AvgIpc) is 2.46. The van der Waals surface area contributed by atoms with Crippen LogP contribution in [0.5, 0.6) is 0 Å². The van der Waals surface area contributed by atoms with Crippen molar-refractivity contribution in [2.45, 2.75) is 19.3 Å². The summed E-state index contributed by atoms with van der Waals surface area (Å²) in [7, 11) is 0. The molecule has 21 heavy (non-hydrogen) atoms. The van der Waals surface area contributed by atoms with Crippen molar-refractivity contribution in [3.05, 3.63) is 71.3 Å². The van der Waals surface area contributed by atoms with Crippen molar-refractivity contribution in [2.75, 3.05) is 0 Å². The summed E-state index contributed by atoms with van der Waals surface area (Å²) in [6, 6.07) is 17.6. The van der Waals surface area contributed by atoms with Gasteiger partial charge >= 0.3 is 0 Å². The van der Waals surface area contributed by atoms with E-state index in [9.17, 15) is 4.79 Å². The Bertz CT molecular complexity index is 646. The van der Waals surface area contributed by atoms with Crippen LogP contribution in [0.15, 0.2) is 59.6 Å². The molecule has 0 heterocycles. The van der Waals surface area contributed by atoms with Crippen LogP contribution < -0.4 is 11.5 Å². The minimum atomic E-state index is -0.380. The zero-order valence-corrected chi connectivity index (χ0v) is 12.0. The highest BCUT2D eigenvalue weighted by Gasteiger charge is 2.21. The number of rotatable bonds is 4. The largest absolute Gasteiger partial charge is 0.370 e. The van der Waals surface area contributed by atoms with Crippen molar-refractivity contribution >= 4 is 11.9 Å². The number of aryl methyl sites for hydroxylation is 1. The fraction of sp³-hybridized carbons (Fsp3) is 0.176. The topological polar surface area (TPSA) is 81.5 Å². The number of hydrogen-bond acceptors (Lipinski definition) is 1. The maximum absolute atomic E-state index is 12.3. The third-order valence-electron chi connectivity index (χ3n) is 3.42. The molecule has 2 aromatic carbocycles. The average molecular weight is 281 g/mol. The van der Waals surface area contributed by atoms with Gasteiger partial charge in [0.05, 0.1) is 5.92 Å². The highest BCUT2D eigenvalue weighted by Crippen LogP contribution is 2.24. The molecule has 0 fully saturated rings. The molecule has 0 aliphatic rings. The molecule has 4 N–H and O–H groups in total. The van der Waals surface area contributed by atoms with E-state index >= 15 is 0 Å². The summed E-state index contributed by atoms with van der Waals surface area (Å²) in [5.41, 5.74) is 13.9. The van der Waals surface area contributed by atoms with Gasteiger partial charge in [-0.05, 0) is 30.0 Å². The molecule has 108 valence electrons. The molecule has 4 heteroatoms. The van der Waals surface area contributed by atoms with Gasteiger partial charge in [-0.2, -0.15) is 4.99 Å². The maximum atomic E-state index is 12.3. The van der Waals surface area contributed by atoms with E-state index in [-0.39, 0.29) is 17.8 Å². The van der Waals surface area contributed by atoms with Gasteiger partial charge in [-0.25, -0.2) is 0 Å². The molecule has 0 aliphatic carbocycles. The molecule has 0 unspecified atom stereocenters. The minimum Gasteiger partial charge on any atom is -0.370 e. The van der Waals surface area contributed by atoms with Gasteiger partial charge in [-0.1, -0.05) is 54.6 Å². The smallest absolute Gasteiger partial charge is 0.256 e. The monoisotopic (exact) mass is 281 g/mol. The lowest BCUT2D eigenvalue weighted by Gasteiger charge is -2.15. The van der Waals surface area contributed by atoms with Gasteiger partial charge in [-0.3, -0.25) is 4.79 Å². The molecular formula is C17H19N3O. The zero-order chi connectivity index (χ0) is 15.2. The third-order valence-corrected chi connectivity index (χ3v) is 3.42. The molecule has 4 nitrogen and oxygen atoms in total. The number of amides is 1. The molecule has 0 saturated heterocycles. The van der Waals surface area contributed by atoms with Crippen molar-refractivity contribution in [1.82, 2.24) is 0 Å². The molecule has 0 radical (unpaired) electrons. The van der Waals surface area contributed by atoms with Gasteiger partial charge in [0.25, 0.3) is 5.91 Å². The van der Waals surface area contributed by atoms with E-state index in [1.165, 1.54) is 0 Å². The van der Waals surface area contributed by atoms with Crippen LogP contribution in [0.1, 0.15) is 22.6 Å². The van der Waals surface area contributed by atoms with E-state index in [1.807, 2.05) is 61.5 Å². The summed E-state index contributed by atoms with van der Waals surface area (Å²) < 4.78 is 0. The Labute approximate surface area is 124 Å². The number of benzene rings is 2. The van der Waals surface area contributed by atoms with Gasteiger partial charge in [-0.15, -0.1) is 0 Å². The van der Waals surface area contributed by atoms with Crippen LogP contribution in [-0.2, 0) is 11.2 Å². The molecule has 2 aromatic rings. The molecule has 1 atom stereocenters. The first kappa shape index (κ1) is 14.8. The van der Waals surface area contributed by atoms with E-state index in [2.05, 4.69) is 4.99 Å². The van der Waals surface area contributed by atoms with Gasteiger partial charge in [0.1, 0.15) is 0 Å². The molecule has 0 saturated carbocycles. The number of carbonyl (C=O) groups excluding carboxylic acids is 1. The van der Waals surface area contributed by atoms with Gasteiger partial charge in [0.15, 0.2) is 5.96 Å². The fourth-order valence-electron chi connectivity index (χ4n) is 2.30. The lowest BCUT2D eigenvalue weighted by Crippen LogP contribution is -2.26. The Balaban J connectivity index is 2.35. The predicted molar refractivity (Wildman–Crippen MR) is 84.9 cm³/mol. The standard InChI is InChI=1S/C17H19N3O/c1-12-7-5-6-10-14(12)11-15(16(21)20-17(18)19)13-8-3-2-4-9-13/h2-10,15H,11H2,1H3,(H4,18,19,20,21)/t15-/m1/s1. The minimum absolute atomic E-state index is 0.203. The van der Waals surface area contributed by atoms with Gasteiger partial charge in [0.2, 0.25) is 0 Å². The Kier molecular flexibility index (Phi) is 4.72. The lowest BCUT2D eigenvalue weighted by atomic mass is 9.89. The number of nitrogens with zero attached hydrogens (tertiary/aromatic N) is 1. The maximum Gasteiger partial charge on any atom is 0.256 e. The zero-order valence-electron chi connectivity index (χ0n) is 12.0. The Morgan fingerprint density at radius 3 is 2.29 bits per heavy atom. The fourth-order valence-corrected chi connectivity index (χ4v) is 2.30. The SMILES string of the molecule is Cc1ccccc1C[C@@H](C(=O)N=C(N)N)c1ccccc1. The summed E-state index contributed by atoms with van der Waals surface area (Å²) in [4.78, 5) is 16.0. The lowest BCUT2D eigenvalue weighted by molar-refractivity contribution is -0.119.